The number of nitrogens with one attached hydrogen (secondary N) is 1. The van der Waals surface area contributed by atoms with E-state index in [2.05, 4.69) is 63.7 Å². The molecule has 2 N–H and O–H groups in total. The van der Waals surface area contributed by atoms with Gasteiger partial charge in [-0.1, -0.05) is 42.5 Å². The number of amides is 1. The summed E-state index contributed by atoms with van der Waals surface area (Å²) in [6.07, 6.45) is 5.75. The molecule has 7 heteroatoms. The van der Waals surface area contributed by atoms with Gasteiger partial charge in [-0.15, -0.1) is 0 Å². The molecule has 4 aromatic rings. The minimum atomic E-state index is -0.456. The highest BCUT2D eigenvalue weighted by Crippen LogP contribution is 2.27. The second kappa shape index (κ2) is 11.6. The first kappa shape index (κ1) is 25.6. The number of aromatic nitrogens is 2. The molecular weight excluding hydrogens is 486 g/mol. The number of rotatable bonds is 8. The number of benzene rings is 3. The van der Waals surface area contributed by atoms with E-state index in [9.17, 15) is 9.90 Å². The van der Waals surface area contributed by atoms with E-state index in [1.165, 1.54) is 17.5 Å². The Morgan fingerprint density at radius 1 is 0.923 bits per heavy atom. The fourth-order valence-electron chi connectivity index (χ4n) is 5.87. The molecule has 2 aliphatic heterocycles. The Kier molecular flexibility index (Phi) is 7.61. The molecule has 1 aromatic heterocycles. The zero-order valence-electron chi connectivity index (χ0n) is 22.4. The van der Waals surface area contributed by atoms with E-state index >= 15 is 0 Å². The molecule has 6 rings (SSSR count). The second-order valence-electron chi connectivity index (χ2n) is 10.9. The quantitative estimate of drug-likeness (QED) is 0.355. The number of nitrogens with zero attached hydrogens (tertiary/aromatic N) is 4. The maximum absolute atomic E-state index is 12.9. The lowest BCUT2D eigenvalue weighted by Crippen LogP contribution is -2.39. The van der Waals surface area contributed by atoms with Crippen LogP contribution in [0.3, 0.4) is 0 Å². The van der Waals surface area contributed by atoms with Crippen LogP contribution in [0.4, 0.5) is 5.69 Å². The van der Waals surface area contributed by atoms with E-state index in [-0.39, 0.29) is 5.91 Å². The van der Waals surface area contributed by atoms with Crippen LogP contribution in [0.2, 0.25) is 0 Å². The third kappa shape index (κ3) is 6.00. The maximum Gasteiger partial charge on any atom is 0.242 e. The Morgan fingerprint density at radius 2 is 1.74 bits per heavy atom. The number of hydrogen-bond donors (Lipinski definition) is 2. The first-order chi connectivity index (χ1) is 19.1. The van der Waals surface area contributed by atoms with Gasteiger partial charge in [0.1, 0.15) is 6.54 Å². The molecule has 0 bridgehead atoms. The van der Waals surface area contributed by atoms with E-state index in [1.807, 2.05) is 27.7 Å². The number of likely N-dealkylation sites (tertiary alicyclic amines) is 1. The van der Waals surface area contributed by atoms with Gasteiger partial charge < -0.3 is 19.9 Å². The van der Waals surface area contributed by atoms with Crippen LogP contribution in [0, 0.1) is 0 Å². The van der Waals surface area contributed by atoms with Gasteiger partial charge in [0.15, 0.2) is 0 Å². The Bertz CT molecular complexity index is 1440. The maximum atomic E-state index is 12.9. The molecular formula is C32H37N5O2. The van der Waals surface area contributed by atoms with Crippen LogP contribution in [0.1, 0.15) is 30.4 Å². The fraction of sp³-hybridized carbons (Fsp3) is 0.375. The Balaban J connectivity index is 1.09. The Labute approximate surface area is 230 Å². The number of anilines is 1. The molecule has 7 nitrogen and oxygen atoms in total. The Morgan fingerprint density at radius 3 is 2.62 bits per heavy atom. The monoisotopic (exact) mass is 523 g/mol. The molecule has 1 amide bonds. The van der Waals surface area contributed by atoms with Crippen LogP contribution in [0.5, 0.6) is 0 Å². The largest absolute Gasteiger partial charge is 0.390 e. The lowest BCUT2D eigenvalue weighted by molar-refractivity contribution is -0.132. The number of fused-ring (bicyclic) bond motifs is 2. The molecule has 0 aliphatic carbocycles. The topological polar surface area (TPSA) is 73.6 Å². The van der Waals surface area contributed by atoms with Gasteiger partial charge in [-0.3, -0.25) is 9.69 Å². The average molecular weight is 524 g/mol. The van der Waals surface area contributed by atoms with Crippen LogP contribution in [0.25, 0.3) is 22.2 Å². The first-order valence-corrected chi connectivity index (χ1v) is 14.2. The SMILES string of the molecule is O=C(Cn1cnc2ccc(-c3cccc(NCC(O)CN4CCc5ccccc5C4)c3)cc21)N1CCCCC1. The summed E-state index contributed by atoms with van der Waals surface area (Å²) in [4.78, 5) is 21.7. The lowest BCUT2D eigenvalue weighted by atomic mass is 10.00. The lowest BCUT2D eigenvalue weighted by Gasteiger charge is -2.30. The predicted molar refractivity (Wildman–Crippen MR) is 156 cm³/mol. The summed E-state index contributed by atoms with van der Waals surface area (Å²) in [6.45, 7) is 5.05. The third-order valence-electron chi connectivity index (χ3n) is 8.05. The standard InChI is InChI=1S/C32H37N5O2/c38-29(21-35-16-13-24-7-2-3-8-27(24)20-35)19-33-28-10-6-9-25(17-28)26-11-12-30-31(18-26)37(23-34-30)22-32(39)36-14-4-1-5-15-36/h2-3,6-12,17-18,23,29,33,38H,1,4-5,13-16,19-22H2. The summed E-state index contributed by atoms with van der Waals surface area (Å²) in [5.41, 5.74) is 7.78. The Hall–Kier alpha value is -3.68. The van der Waals surface area contributed by atoms with Crippen LogP contribution >= 0.6 is 0 Å². The van der Waals surface area contributed by atoms with Crippen molar-refractivity contribution < 1.29 is 9.90 Å². The van der Waals surface area contributed by atoms with Crippen molar-refractivity contribution in [2.75, 3.05) is 38.0 Å². The number of aliphatic hydroxyl groups excluding tert-OH is 1. The third-order valence-corrected chi connectivity index (χ3v) is 8.05. The zero-order chi connectivity index (χ0) is 26.6. The van der Waals surface area contributed by atoms with Gasteiger partial charge in [0, 0.05) is 45.0 Å². The molecule has 1 atom stereocenters. The number of carbonyl (C=O) groups is 1. The van der Waals surface area contributed by atoms with Crippen molar-refractivity contribution in [3.8, 4) is 11.1 Å². The molecule has 3 aromatic carbocycles. The van der Waals surface area contributed by atoms with Crippen molar-refractivity contribution in [2.45, 2.75) is 44.9 Å². The number of aliphatic hydroxyl groups is 1. The molecule has 202 valence electrons. The van der Waals surface area contributed by atoms with E-state index in [4.69, 9.17) is 0 Å². The van der Waals surface area contributed by atoms with Crippen molar-refractivity contribution in [3.05, 3.63) is 84.2 Å². The van der Waals surface area contributed by atoms with Gasteiger partial charge in [0.05, 0.1) is 23.5 Å². The highest BCUT2D eigenvalue weighted by atomic mass is 16.3. The number of imidazole rings is 1. The predicted octanol–water partition coefficient (Wildman–Crippen LogP) is 4.55. The van der Waals surface area contributed by atoms with Crippen LogP contribution in [-0.2, 0) is 24.3 Å². The molecule has 0 radical (unpaired) electrons. The summed E-state index contributed by atoms with van der Waals surface area (Å²) in [7, 11) is 0. The summed E-state index contributed by atoms with van der Waals surface area (Å²) < 4.78 is 1.97. The van der Waals surface area contributed by atoms with Crippen molar-refractivity contribution in [3.63, 3.8) is 0 Å². The van der Waals surface area contributed by atoms with Crippen LogP contribution < -0.4 is 5.32 Å². The summed E-state index contributed by atoms with van der Waals surface area (Å²) in [5, 5.41) is 14.2. The summed E-state index contributed by atoms with van der Waals surface area (Å²) >= 11 is 0. The average Bonchev–Trinajstić information content (AvgIpc) is 3.38. The minimum absolute atomic E-state index is 0.165. The van der Waals surface area contributed by atoms with Gasteiger partial charge in [0.25, 0.3) is 0 Å². The molecule has 1 saturated heterocycles. The van der Waals surface area contributed by atoms with Gasteiger partial charge in [-0.25, -0.2) is 4.98 Å². The molecule has 3 heterocycles. The normalized spacial score (nSPS) is 16.7. The van der Waals surface area contributed by atoms with Crippen molar-refractivity contribution in [1.82, 2.24) is 19.4 Å². The van der Waals surface area contributed by atoms with E-state index in [0.29, 0.717) is 19.6 Å². The van der Waals surface area contributed by atoms with E-state index < -0.39 is 6.10 Å². The fourth-order valence-corrected chi connectivity index (χ4v) is 5.87. The number of β-amino-alcohol motifs (C(OH)–C–C–N with tert-alkyl or cyclic N) is 1. The highest BCUT2D eigenvalue weighted by Gasteiger charge is 2.19. The molecule has 0 saturated carbocycles. The number of piperidine rings is 1. The van der Waals surface area contributed by atoms with E-state index in [1.54, 1.807) is 6.33 Å². The smallest absolute Gasteiger partial charge is 0.242 e. The summed E-state index contributed by atoms with van der Waals surface area (Å²) in [6, 6.07) is 23.1. The highest BCUT2D eigenvalue weighted by molar-refractivity contribution is 5.85. The van der Waals surface area contributed by atoms with E-state index in [0.717, 1.165) is 73.3 Å². The molecule has 1 unspecified atom stereocenters. The van der Waals surface area contributed by atoms with Crippen molar-refractivity contribution in [1.29, 1.82) is 0 Å². The van der Waals surface area contributed by atoms with Gasteiger partial charge in [-0.2, -0.15) is 0 Å². The summed E-state index contributed by atoms with van der Waals surface area (Å²) in [5.74, 6) is 0.165. The zero-order valence-corrected chi connectivity index (χ0v) is 22.4. The van der Waals surface area contributed by atoms with Crippen LogP contribution in [-0.4, -0.2) is 69.2 Å². The van der Waals surface area contributed by atoms with Gasteiger partial charge in [0.2, 0.25) is 5.91 Å². The van der Waals surface area contributed by atoms with Crippen molar-refractivity contribution in [2.24, 2.45) is 0 Å². The molecule has 0 spiro atoms. The molecule has 2 aliphatic rings. The van der Waals surface area contributed by atoms with Gasteiger partial charge >= 0.3 is 0 Å². The molecule has 1 fully saturated rings. The molecule has 39 heavy (non-hydrogen) atoms. The first-order valence-electron chi connectivity index (χ1n) is 14.2. The minimum Gasteiger partial charge on any atom is -0.390 e. The van der Waals surface area contributed by atoms with Crippen molar-refractivity contribution >= 4 is 22.6 Å². The second-order valence-corrected chi connectivity index (χ2v) is 10.9. The van der Waals surface area contributed by atoms with Crippen LogP contribution in [0.15, 0.2) is 73.1 Å². The van der Waals surface area contributed by atoms with Gasteiger partial charge in [-0.05, 0) is 72.2 Å². The number of carbonyl (C=O) groups excluding carboxylic acids is 1. The number of hydrogen-bond acceptors (Lipinski definition) is 5.